The third-order valence-corrected chi connectivity index (χ3v) is 4.99. The molecule has 0 bridgehead atoms. The monoisotopic (exact) mass is 398 g/mol. The van der Waals surface area contributed by atoms with Crippen molar-refractivity contribution in [2.75, 3.05) is 49.5 Å². The zero-order valence-electron chi connectivity index (χ0n) is 15.8. The standard InChI is InChI=1S/C21H23ClN4O2/c1-2-25-9-11-26(12-10-25)19-8-7-17(22)13-18(19)24-21(27)15-28-20-6-4-3-5-16(20)14-23/h3-8,13H,2,9-12,15H2,1H3,(H,24,27). The summed E-state index contributed by atoms with van der Waals surface area (Å²) in [7, 11) is 0. The number of carbonyl (C=O) groups excluding carboxylic acids is 1. The fourth-order valence-electron chi connectivity index (χ4n) is 3.20. The van der Waals surface area contributed by atoms with Gasteiger partial charge in [0.25, 0.3) is 5.91 Å². The first-order valence-corrected chi connectivity index (χ1v) is 9.67. The number of hydrogen-bond acceptors (Lipinski definition) is 5. The number of para-hydroxylation sites is 1. The number of hydrogen-bond donors (Lipinski definition) is 1. The third-order valence-electron chi connectivity index (χ3n) is 4.76. The first kappa shape index (κ1) is 20.0. The fourth-order valence-corrected chi connectivity index (χ4v) is 3.38. The van der Waals surface area contributed by atoms with Crippen LogP contribution >= 0.6 is 11.6 Å². The quantitative estimate of drug-likeness (QED) is 0.807. The zero-order valence-corrected chi connectivity index (χ0v) is 16.6. The summed E-state index contributed by atoms with van der Waals surface area (Å²) in [5.74, 6) is 0.0885. The van der Waals surface area contributed by atoms with Gasteiger partial charge in [0.1, 0.15) is 11.8 Å². The van der Waals surface area contributed by atoms with Crippen molar-refractivity contribution < 1.29 is 9.53 Å². The first-order chi connectivity index (χ1) is 13.6. The van der Waals surface area contributed by atoms with Crippen LogP contribution in [0, 0.1) is 11.3 Å². The lowest BCUT2D eigenvalue weighted by Gasteiger charge is -2.36. The molecule has 7 heteroatoms. The summed E-state index contributed by atoms with van der Waals surface area (Å²) in [4.78, 5) is 17.1. The molecular weight excluding hydrogens is 376 g/mol. The summed E-state index contributed by atoms with van der Waals surface area (Å²) in [5, 5.41) is 12.6. The van der Waals surface area contributed by atoms with Gasteiger partial charge < -0.3 is 19.9 Å². The van der Waals surface area contributed by atoms with E-state index in [9.17, 15) is 4.79 Å². The third kappa shape index (κ3) is 4.94. The highest BCUT2D eigenvalue weighted by Crippen LogP contribution is 2.30. The number of rotatable bonds is 6. The molecule has 1 heterocycles. The van der Waals surface area contributed by atoms with Crippen LogP contribution in [0.4, 0.5) is 11.4 Å². The highest BCUT2D eigenvalue weighted by Gasteiger charge is 2.19. The van der Waals surface area contributed by atoms with Crippen molar-refractivity contribution in [1.29, 1.82) is 5.26 Å². The molecule has 28 heavy (non-hydrogen) atoms. The van der Waals surface area contributed by atoms with E-state index in [1.165, 1.54) is 0 Å². The maximum Gasteiger partial charge on any atom is 0.262 e. The van der Waals surface area contributed by atoms with Gasteiger partial charge in [-0.25, -0.2) is 0 Å². The van der Waals surface area contributed by atoms with Crippen molar-refractivity contribution >= 4 is 28.9 Å². The average molecular weight is 399 g/mol. The molecule has 2 aromatic carbocycles. The number of likely N-dealkylation sites (N-methyl/N-ethyl adjacent to an activating group) is 1. The summed E-state index contributed by atoms with van der Waals surface area (Å²) < 4.78 is 5.52. The number of amides is 1. The Morgan fingerprint density at radius 3 is 2.68 bits per heavy atom. The van der Waals surface area contributed by atoms with Crippen LogP contribution < -0.4 is 15.0 Å². The number of benzene rings is 2. The number of carbonyl (C=O) groups is 1. The molecule has 1 aliphatic rings. The lowest BCUT2D eigenvalue weighted by Crippen LogP contribution is -2.46. The molecule has 1 amide bonds. The van der Waals surface area contributed by atoms with Gasteiger partial charge in [-0.05, 0) is 36.9 Å². The van der Waals surface area contributed by atoms with E-state index in [0.717, 1.165) is 38.4 Å². The molecule has 0 aliphatic carbocycles. The molecule has 0 aromatic heterocycles. The molecule has 1 aliphatic heterocycles. The molecule has 0 spiro atoms. The largest absolute Gasteiger partial charge is 0.482 e. The summed E-state index contributed by atoms with van der Waals surface area (Å²) in [5.41, 5.74) is 2.01. The van der Waals surface area contributed by atoms with E-state index in [1.54, 1.807) is 30.3 Å². The van der Waals surface area contributed by atoms with Gasteiger partial charge >= 0.3 is 0 Å². The van der Waals surface area contributed by atoms with Crippen molar-refractivity contribution in [3.63, 3.8) is 0 Å². The van der Waals surface area contributed by atoms with E-state index < -0.39 is 0 Å². The van der Waals surface area contributed by atoms with E-state index in [-0.39, 0.29) is 12.5 Å². The van der Waals surface area contributed by atoms with Crippen LogP contribution in [0.25, 0.3) is 0 Å². The minimum atomic E-state index is -0.302. The van der Waals surface area contributed by atoms with Gasteiger partial charge in [-0.1, -0.05) is 30.7 Å². The molecule has 1 fully saturated rings. The number of nitrogens with zero attached hydrogens (tertiary/aromatic N) is 3. The summed E-state index contributed by atoms with van der Waals surface area (Å²) >= 11 is 6.15. The van der Waals surface area contributed by atoms with Gasteiger partial charge in [0, 0.05) is 31.2 Å². The van der Waals surface area contributed by atoms with E-state index >= 15 is 0 Å². The second-order valence-electron chi connectivity index (χ2n) is 6.53. The Labute approximate surface area is 170 Å². The van der Waals surface area contributed by atoms with Crippen molar-refractivity contribution in [2.24, 2.45) is 0 Å². The first-order valence-electron chi connectivity index (χ1n) is 9.29. The van der Waals surface area contributed by atoms with Gasteiger partial charge in [0.2, 0.25) is 0 Å². The van der Waals surface area contributed by atoms with E-state index in [1.807, 2.05) is 12.1 Å². The second-order valence-corrected chi connectivity index (χ2v) is 6.96. The summed E-state index contributed by atoms with van der Waals surface area (Å²) in [6.45, 7) is 6.78. The van der Waals surface area contributed by atoms with Gasteiger partial charge in [-0.15, -0.1) is 0 Å². The Kier molecular flexibility index (Phi) is 6.75. The Bertz CT molecular complexity index is 873. The molecular formula is C21H23ClN4O2. The topological polar surface area (TPSA) is 68.6 Å². The Morgan fingerprint density at radius 2 is 1.96 bits per heavy atom. The number of halogens is 1. The smallest absolute Gasteiger partial charge is 0.262 e. The van der Waals surface area contributed by atoms with E-state index in [0.29, 0.717) is 22.0 Å². The van der Waals surface area contributed by atoms with E-state index in [2.05, 4.69) is 28.1 Å². The number of nitrogens with one attached hydrogen (secondary N) is 1. The summed E-state index contributed by atoms with van der Waals surface area (Å²) in [6, 6.07) is 14.4. The van der Waals surface area contributed by atoms with Crippen molar-refractivity contribution in [1.82, 2.24) is 4.90 Å². The van der Waals surface area contributed by atoms with Crippen molar-refractivity contribution in [3.8, 4) is 11.8 Å². The maximum absolute atomic E-state index is 12.4. The molecule has 0 unspecified atom stereocenters. The normalized spacial score (nSPS) is 14.4. The minimum absolute atomic E-state index is 0.186. The highest BCUT2D eigenvalue weighted by atomic mass is 35.5. The van der Waals surface area contributed by atoms with Crippen LogP contribution in [-0.2, 0) is 4.79 Å². The lowest BCUT2D eigenvalue weighted by molar-refractivity contribution is -0.118. The number of ether oxygens (including phenoxy) is 1. The van der Waals surface area contributed by atoms with Gasteiger partial charge in [0.05, 0.1) is 16.9 Å². The lowest BCUT2D eigenvalue weighted by atomic mass is 10.2. The predicted octanol–water partition coefficient (Wildman–Crippen LogP) is 3.37. The van der Waals surface area contributed by atoms with E-state index in [4.69, 9.17) is 21.6 Å². The minimum Gasteiger partial charge on any atom is -0.482 e. The number of nitriles is 1. The van der Waals surface area contributed by atoms with Crippen LogP contribution in [0.2, 0.25) is 5.02 Å². The van der Waals surface area contributed by atoms with Crippen LogP contribution in [-0.4, -0.2) is 50.1 Å². The molecule has 1 saturated heterocycles. The van der Waals surface area contributed by atoms with Crippen LogP contribution in [0.15, 0.2) is 42.5 Å². The molecule has 2 aromatic rings. The molecule has 0 radical (unpaired) electrons. The van der Waals surface area contributed by atoms with Crippen molar-refractivity contribution in [2.45, 2.75) is 6.92 Å². The van der Waals surface area contributed by atoms with Gasteiger partial charge in [0.15, 0.2) is 6.61 Å². The predicted molar refractivity (Wildman–Crippen MR) is 111 cm³/mol. The second kappa shape index (κ2) is 9.45. The van der Waals surface area contributed by atoms with Gasteiger partial charge in [-0.3, -0.25) is 4.79 Å². The molecule has 146 valence electrons. The molecule has 0 atom stereocenters. The highest BCUT2D eigenvalue weighted by molar-refractivity contribution is 6.31. The Hall–Kier alpha value is -2.75. The SMILES string of the molecule is CCN1CCN(c2ccc(Cl)cc2NC(=O)COc2ccccc2C#N)CC1. The Balaban J connectivity index is 1.67. The Morgan fingerprint density at radius 1 is 1.21 bits per heavy atom. The zero-order chi connectivity index (χ0) is 19.9. The number of piperazine rings is 1. The molecule has 6 nitrogen and oxygen atoms in total. The maximum atomic E-state index is 12.4. The van der Waals surface area contributed by atoms with Gasteiger partial charge in [-0.2, -0.15) is 5.26 Å². The van der Waals surface area contributed by atoms with Crippen LogP contribution in [0.3, 0.4) is 0 Å². The number of anilines is 2. The molecule has 1 N–H and O–H groups in total. The molecule has 0 saturated carbocycles. The fraction of sp³-hybridized carbons (Fsp3) is 0.333. The van der Waals surface area contributed by atoms with Crippen LogP contribution in [0.5, 0.6) is 5.75 Å². The van der Waals surface area contributed by atoms with Crippen LogP contribution in [0.1, 0.15) is 12.5 Å². The van der Waals surface area contributed by atoms with Crippen molar-refractivity contribution in [3.05, 3.63) is 53.1 Å². The summed E-state index contributed by atoms with van der Waals surface area (Å²) in [6.07, 6.45) is 0. The average Bonchev–Trinajstić information content (AvgIpc) is 2.73. The molecule has 3 rings (SSSR count).